The van der Waals surface area contributed by atoms with Crippen LogP contribution < -0.4 is 10.2 Å². The lowest BCUT2D eigenvalue weighted by molar-refractivity contribution is -0.0167. The third kappa shape index (κ3) is 3.53. The van der Waals surface area contributed by atoms with Crippen molar-refractivity contribution in [3.05, 3.63) is 59.4 Å². The number of nitrogens with one attached hydrogen (secondary N) is 1. The number of anilines is 1. The number of fused-ring (bicyclic) bond motifs is 1. The lowest BCUT2D eigenvalue weighted by Crippen LogP contribution is -2.59. The first-order chi connectivity index (χ1) is 15.5. The van der Waals surface area contributed by atoms with Crippen LogP contribution in [0.2, 0.25) is 0 Å². The first-order valence-corrected chi connectivity index (χ1v) is 12.6. The molecule has 0 radical (unpaired) electrons. The summed E-state index contributed by atoms with van der Waals surface area (Å²) in [7, 11) is 0. The highest BCUT2D eigenvalue weighted by Crippen LogP contribution is 2.55. The number of thioether (sulfide) groups is 1. The van der Waals surface area contributed by atoms with Crippen molar-refractivity contribution >= 4 is 29.3 Å². The van der Waals surface area contributed by atoms with Gasteiger partial charge in [-0.1, -0.05) is 0 Å². The van der Waals surface area contributed by atoms with E-state index in [9.17, 15) is 14.0 Å². The molecule has 1 heterocycles. The molecule has 4 nitrogen and oxygen atoms in total. The number of benzene rings is 2. The standard InChI is InChI=1S/C26H27FN2O2S/c27-21-4-1-19(2-5-21)25(31)29-7-8-32-23-6-3-20(12-22(23)29)24(30)28-26-13-16-9-17(14-26)11-18(10-16)15-26/h1-6,12,16-18H,7-11,13-15H2,(H,28,30). The van der Waals surface area contributed by atoms with E-state index in [0.29, 0.717) is 17.7 Å². The number of nitrogens with zero attached hydrogens (tertiary/aromatic N) is 1. The van der Waals surface area contributed by atoms with Gasteiger partial charge in [0.05, 0.1) is 5.69 Å². The topological polar surface area (TPSA) is 49.4 Å². The summed E-state index contributed by atoms with van der Waals surface area (Å²) < 4.78 is 13.3. The van der Waals surface area contributed by atoms with Gasteiger partial charge in [0, 0.05) is 33.9 Å². The van der Waals surface area contributed by atoms with Crippen molar-refractivity contribution in [2.24, 2.45) is 17.8 Å². The molecule has 0 atom stereocenters. The first-order valence-electron chi connectivity index (χ1n) is 11.6. The highest BCUT2D eigenvalue weighted by Gasteiger charge is 2.51. The lowest BCUT2D eigenvalue weighted by atomic mass is 9.53. The predicted octanol–water partition coefficient (Wildman–Crippen LogP) is 5.28. The third-order valence-electron chi connectivity index (χ3n) is 7.84. The minimum Gasteiger partial charge on any atom is -0.347 e. The van der Waals surface area contributed by atoms with Crippen molar-refractivity contribution < 1.29 is 14.0 Å². The average molecular weight is 451 g/mol. The molecule has 0 unspecified atom stereocenters. The largest absolute Gasteiger partial charge is 0.347 e. The number of carbonyl (C=O) groups excluding carboxylic acids is 2. The molecular weight excluding hydrogens is 423 g/mol. The molecule has 166 valence electrons. The summed E-state index contributed by atoms with van der Waals surface area (Å²) in [6.45, 7) is 0.563. The summed E-state index contributed by atoms with van der Waals surface area (Å²) >= 11 is 1.70. The number of hydrogen-bond donors (Lipinski definition) is 1. The van der Waals surface area contributed by atoms with E-state index in [2.05, 4.69) is 5.32 Å². The van der Waals surface area contributed by atoms with Gasteiger partial charge in [0.25, 0.3) is 11.8 Å². The Hall–Kier alpha value is -2.34. The van der Waals surface area contributed by atoms with Gasteiger partial charge in [-0.3, -0.25) is 9.59 Å². The third-order valence-corrected chi connectivity index (χ3v) is 8.88. The van der Waals surface area contributed by atoms with Crippen molar-refractivity contribution in [2.75, 3.05) is 17.2 Å². The maximum Gasteiger partial charge on any atom is 0.258 e. The second kappa shape index (κ2) is 7.62. The summed E-state index contributed by atoms with van der Waals surface area (Å²) in [5.74, 6) is 2.55. The van der Waals surface area contributed by atoms with E-state index in [1.54, 1.807) is 16.7 Å². The molecule has 2 aromatic rings. The van der Waals surface area contributed by atoms with Crippen LogP contribution in [0.4, 0.5) is 10.1 Å². The molecule has 2 amide bonds. The molecule has 5 aliphatic rings. The number of halogens is 1. The molecule has 7 rings (SSSR count). The minimum atomic E-state index is -0.361. The molecule has 4 saturated carbocycles. The van der Waals surface area contributed by atoms with Crippen LogP contribution in [0.25, 0.3) is 0 Å². The molecule has 1 N–H and O–H groups in total. The fraction of sp³-hybridized carbons (Fsp3) is 0.462. The van der Waals surface area contributed by atoms with Gasteiger partial charge >= 0.3 is 0 Å². The maximum atomic E-state index is 13.3. The molecule has 4 bridgehead atoms. The Balaban J connectivity index is 1.26. The SMILES string of the molecule is O=C(NC12CC3CC(CC(C3)C1)C2)c1ccc2c(c1)N(C(=O)c1ccc(F)cc1)CCS2. The smallest absolute Gasteiger partial charge is 0.258 e. The van der Waals surface area contributed by atoms with E-state index in [-0.39, 0.29) is 23.2 Å². The number of rotatable bonds is 3. The molecular formula is C26H27FN2O2S. The summed E-state index contributed by atoms with van der Waals surface area (Å²) in [6, 6.07) is 11.3. The van der Waals surface area contributed by atoms with Gasteiger partial charge in [0.2, 0.25) is 0 Å². The Labute approximate surface area is 191 Å². The van der Waals surface area contributed by atoms with Gasteiger partial charge in [0.1, 0.15) is 5.82 Å². The zero-order valence-electron chi connectivity index (χ0n) is 18.0. The Kier molecular flexibility index (Phi) is 4.83. The molecule has 0 saturated heterocycles. The van der Waals surface area contributed by atoms with Crippen LogP contribution in [-0.4, -0.2) is 29.7 Å². The van der Waals surface area contributed by atoms with Crippen molar-refractivity contribution in [3.63, 3.8) is 0 Å². The normalized spacial score (nSPS) is 30.2. The number of hydrogen-bond acceptors (Lipinski definition) is 3. The zero-order valence-corrected chi connectivity index (χ0v) is 18.8. The second-order valence-corrected chi connectivity index (χ2v) is 11.3. The molecule has 4 fully saturated rings. The highest BCUT2D eigenvalue weighted by atomic mass is 32.2. The molecule has 6 heteroatoms. The van der Waals surface area contributed by atoms with Gasteiger partial charge in [-0.25, -0.2) is 4.39 Å². The van der Waals surface area contributed by atoms with Gasteiger partial charge in [-0.15, -0.1) is 11.8 Å². The maximum absolute atomic E-state index is 13.3. The average Bonchev–Trinajstić information content (AvgIpc) is 2.77. The fourth-order valence-corrected chi connectivity index (χ4v) is 7.87. The summed E-state index contributed by atoms with van der Waals surface area (Å²) in [5, 5.41) is 3.44. The second-order valence-electron chi connectivity index (χ2n) is 10.1. The lowest BCUT2D eigenvalue weighted by Gasteiger charge is -2.56. The van der Waals surface area contributed by atoms with Crippen molar-refractivity contribution in [1.82, 2.24) is 5.32 Å². The monoisotopic (exact) mass is 450 g/mol. The number of carbonyl (C=O) groups is 2. The molecule has 0 aromatic heterocycles. The molecule has 4 aliphatic carbocycles. The molecule has 1 aliphatic heterocycles. The first kappa shape index (κ1) is 20.3. The van der Waals surface area contributed by atoms with Crippen LogP contribution in [0.15, 0.2) is 47.4 Å². The van der Waals surface area contributed by atoms with Crippen molar-refractivity contribution in [2.45, 2.75) is 49.0 Å². The van der Waals surface area contributed by atoms with Gasteiger partial charge in [-0.2, -0.15) is 0 Å². The van der Waals surface area contributed by atoms with Gasteiger partial charge in [0.15, 0.2) is 0 Å². The molecule has 2 aromatic carbocycles. The Morgan fingerprint density at radius 2 is 1.56 bits per heavy atom. The molecule has 0 spiro atoms. The van der Waals surface area contributed by atoms with E-state index in [1.807, 2.05) is 18.2 Å². The van der Waals surface area contributed by atoms with Crippen molar-refractivity contribution in [3.8, 4) is 0 Å². The van der Waals surface area contributed by atoms with E-state index in [1.165, 1.54) is 43.5 Å². The fourth-order valence-electron chi connectivity index (χ4n) is 6.89. The zero-order chi connectivity index (χ0) is 21.9. The Bertz CT molecular complexity index is 1050. The van der Waals surface area contributed by atoms with Gasteiger partial charge < -0.3 is 10.2 Å². The van der Waals surface area contributed by atoms with E-state index in [4.69, 9.17) is 0 Å². The Morgan fingerprint density at radius 1 is 0.938 bits per heavy atom. The van der Waals surface area contributed by atoms with Crippen LogP contribution in [0.3, 0.4) is 0 Å². The van der Waals surface area contributed by atoms with E-state index in [0.717, 1.165) is 53.4 Å². The van der Waals surface area contributed by atoms with Crippen LogP contribution >= 0.6 is 11.8 Å². The quantitative estimate of drug-likeness (QED) is 0.692. The summed E-state index contributed by atoms with van der Waals surface area (Å²) in [5.41, 5.74) is 1.79. The van der Waals surface area contributed by atoms with Crippen LogP contribution in [-0.2, 0) is 0 Å². The van der Waals surface area contributed by atoms with Crippen molar-refractivity contribution in [1.29, 1.82) is 0 Å². The number of amides is 2. The summed E-state index contributed by atoms with van der Waals surface area (Å²) in [4.78, 5) is 29.2. The van der Waals surface area contributed by atoms with E-state index < -0.39 is 0 Å². The highest BCUT2D eigenvalue weighted by molar-refractivity contribution is 7.99. The van der Waals surface area contributed by atoms with E-state index >= 15 is 0 Å². The molecule has 32 heavy (non-hydrogen) atoms. The summed E-state index contributed by atoms with van der Waals surface area (Å²) in [6.07, 6.45) is 7.35. The van der Waals surface area contributed by atoms with Crippen LogP contribution in [0.1, 0.15) is 59.2 Å². The van der Waals surface area contributed by atoms with Gasteiger partial charge in [-0.05, 0) is 98.7 Å². The van der Waals surface area contributed by atoms with Crippen LogP contribution in [0.5, 0.6) is 0 Å². The Morgan fingerprint density at radius 3 is 2.22 bits per heavy atom. The predicted molar refractivity (Wildman–Crippen MR) is 124 cm³/mol. The minimum absolute atomic E-state index is 0.0282. The van der Waals surface area contributed by atoms with Crippen LogP contribution in [0, 0.1) is 23.6 Å².